The van der Waals surface area contributed by atoms with Crippen LogP contribution in [0.4, 0.5) is 0 Å². The molecule has 1 aliphatic heterocycles. The van der Waals surface area contributed by atoms with Crippen molar-refractivity contribution < 1.29 is 28.2 Å². The predicted octanol–water partition coefficient (Wildman–Crippen LogP) is 11.3. The lowest BCUT2D eigenvalue weighted by molar-refractivity contribution is -0.153. The monoisotopic (exact) mass is 750 g/mol. The van der Waals surface area contributed by atoms with Gasteiger partial charge in [-0.2, -0.15) is 0 Å². The molecule has 7 nitrogen and oxygen atoms in total. The standard InChI is InChI=1S/C48H62O7/c1-29(2)9-7-10-30(3)38-16-17-39-36-14-12-33-26-35(19-21-47(33,5)40(36)20-22-48(38,39)6)55-44(49)28-53-34-13-15-37-42(27-34)54-31(4)45(46(37)50)32-11-18-41-43(25-32)52-24-8-23-51-41/h11-13,15,18,25,27,29-30,35-36,38-40H,7-10,14,16-17,19-24,26,28H2,1-6H3/t30-,35+,36+,38-,39+,40+,47+,48-/m1/s1. The Hall–Kier alpha value is -3.74. The van der Waals surface area contributed by atoms with Crippen LogP contribution in [0.5, 0.6) is 17.2 Å². The molecule has 3 aromatic rings. The topological polar surface area (TPSA) is 84.2 Å². The van der Waals surface area contributed by atoms with Gasteiger partial charge >= 0.3 is 5.97 Å². The Labute approximate surface area is 327 Å². The molecule has 0 bridgehead atoms. The molecule has 7 heteroatoms. The van der Waals surface area contributed by atoms with Crippen LogP contribution in [0.15, 0.2) is 57.3 Å². The Bertz CT molecular complexity index is 1990. The highest BCUT2D eigenvalue weighted by Crippen LogP contribution is 2.67. The summed E-state index contributed by atoms with van der Waals surface area (Å²) in [5.74, 6) is 6.75. The van der Waals surface area contributed by atoms with Gasteiger partial charge in [0.25, 0.3) is 0 Å². The molecule has 4 aliphatic carbocycles. The summed E-state index contributed by atoms with van der Waals surface area (Å²) >= 11 is 0. The molecule has 0 unspecified atom stereocenters. The maximum Gasteiger partial charge on any atom is 0.344 e. The van der Waals surface area contributed by atoms with Crippen molar-refractivity contribution in [3.8, 4) is 28.4 Å². The van der Waals surface area contributed by atoms with Crippen molar-refractivity contribution in [1.29, 1.82) is 0 Å². The molecule has 3 fully saturated rings. The summed E-state index contributed by atoms with van der Waals surface area (Å²) in [5, 5.41) is 0.442. The molecule has 0 amide bonds. The molecular formula is C48H62O7. The molecule has 3 saturated carbocycles. The van der Waals surface area contributed by atoms with E-state index < -0.39 is 0 Å². The van der Waals surface area contributed by atoms with E-state index in [2.05, 4.69) is 40.7 Å². The van der Waals surface area contributed by atoms with Gasteiger partial charge in [-0.25, -0.2) is 4.79 Å². The van der Waals surface area contributed by atoms with Gasteiger partial charge in [0.1, 0.15) is 23.2 Å². The number of esters is 1. The number of rotatable bonds is 10. The van der Waals surface area contributed by atoms with Gasteiger partial charge in [0.2, 0.25) is 5.43 Å². The largest absolute Gasteiger partial charge is 0.490 e. The molecular weight excluding hydrogens is 689 g/mol. The van der Waals surface area contributed by atoms with Crippen molar-refractivity contribution in [3.63, 3.8) is 0 Å². The van der Waals surface area contributed by atoms with E-state index in [1.54, 1.807) is 25.1 Å². The van der Waals surface area contributed by atoms with Gasteiger partial charge in [-0.1, -0.05) is 71.6 Å². The van der Waals surface area contributed by atoms with Crippen molar-refractivity contribution in [2.45, 2.75) is 125 Å². The Morgan fingerprint density at radius 1 is 0.927 bits per heavy atom. The molecule has 55 heavy (non-hydrogen) atoms. The van der Waals surface area contributed by atoms with Crippen LogP contribution in [0, 0.1) is 53.3 Å². The van der Waals surface area contributed by atoms with Gasteiger partial charge < -0.3 is 23.4 Å². The highest BCUT2D eigenvalue weighted by atomic mass is 16.6. The zero-order valence-electron chi connectivity index (χ0n) is 34.0. The van der Waals surface area contributed by atoms with Crippen LogP contribution in [0.1, 0.15) is 117 Å². The minimum atomic E-state index is -0.363. The fraction of sp³-hybridized carbons (Fsp3) is 0.625. The average Bonchev–Trinajstić information content (AvgIpc) is 3.34. The molecule has 8 atom stereocenters. The number of benzene rings is 2. The summed E-state index contributed by atoms with van der Waals surface area (Å²) in [5.41, 5.74) is 3.69. The molecule has 0 spiro atoms. The molecule has 296 valence electrons. The fourth-order valence-corrected chi connectivity index (χ4v) is 12.1. The number of carbonyl (C=O) groups excluding carboxylic acids is 1. The summed E-state index contributed by atoms with van der Waals surface area (Å²) < 4.78 is 29.7. The Morgan fingerprint density at radius 3 is 2.56 bits per heavy atom. The molecule has 0 radical (unpaired) electrons. The van der Waals surface area contributed by atoms with E-state index in [0.29, 0.717) is 63.7 Å². The van der Waals surface area contributed by atoms with Crippen molar-refractivity contribution in [2.24, 2.45) is 46.3 Å². The minimum absolute atomic E-state index is 0.121. The van der Waals surface area contributed by atoms with Crippen LogP contribution in [0.25, 0.3) is 22.1 Å². The fourth-order valence-electron chi connectivity index (χ4n) is 12.1. The number of hydrogen-bond donors (Lipinski definition) is 0. The third-order valence-electron chi connectivity index (χ3n) is 15.0. The summed E-state index contributed by atoms with van der Waals surface area (Å²) in [4.78, 5) is 26.8. The number of allylic oxidation sites excluding steroid dienone is 1. The molecule has 0 N–H and O–H groups in total. The Balaban J connectivity index is 0.878. The van der Waals surface area contributed by atoms with Crippen molar-refractivity contribution in [3.05, 3.63) is 64.0 Å². The first-order valence-corrected chi connectivity index (χ1v) is 21.4. The van der Waals surface area contributed by atoms with E-state index in [-0.39, 0.29) is 29.5 Å². The summed E-state index contributed by atoms with van der Waals surface area (Å²) in [6, 6.07) is 10.6. The van der Waals surface area contributed by atoms with Gasteiger partial charge in [0.05, 0.1) is 24.2 Å². The Morgan fingerprint density at radius 2 is 1.75 bits per heavy atom. The lowest BCUT2D eigenvalue weighted by atomic mass is 9.47. The van der Waals surface area contributed by atoms with E-state index in [1.165, 1.54) is 56.9 Å². The van der Waals surface area contributed by atoms with Gasteiger partial charge in [-0.15, -0.1) is 0 Å². The number of carbonyl (C=O) groups is 1. The number of fused-ring (bicyclic) bond motifs is 7. The quantitative estimate of drug-likeness (QED) is 0.151. The minimum Gasteiger partial charge on any atom is -0.490 e. The lowest BCUT2D eigenvalue weighted by Gasteiger charge is -2.58. The second kappa shape index (κ2) is 15.3. The van der Waals surface area contributed by atoms with Crippen molar-refractivity contribution >= 4 is 16.9 Å². The normalized spacial score (nSPS) is 30.5. The van der Waals surface area contributed by atoms with Crippen LogP contribution in [-0.4, -0.2) is 31.9 Å². The number of ether oxygens (including phenoxy) is 4. The average molecular weight is 751 g/mol. The molecule has 1 aromatic heterocycles. The van der Waals surface area contributed by atoms with E-state index in [0.717, 1.165) is 61.2 Å². The van der Waals surface area contributed by atoms with Gasteiger partial charge in [0, 0.05) is 18.9 Å². The van der Waals surface area contributed by atoms with Crippen molar-refractivity contribution in [1.82, 2.24) is 0 Å². The van der Waals surface area contributed by atoms with Crippen molar-refractivity contribution in [2.75, 3.05) is 19.8 Å². The summed E-state index contributed by atoms with van der Waals surface area (Å²) in [7, 11) is 0. The van der Waals surface area contributed by atoms with Gasteiger partial charge in [-0.3, -0.25) is 4.79 Å². The first-order valence-electron chi connectivity index (χ1n) is 21.4. The smallest absolute Gasteiger partial charge is 0.344 e. The SMILES string of the molecule is Cc1oc2cc(OCC(=O)O[C@H]3CC[C@@]4(C)C(=CC[C@H]5[C@@H]6CC[C@H]([C@H](C)CCCC(C)C)[C@@]6(C)CC[C@@H]54)C3)ccc2c(=O)c1-c1ccc2c(c1)OCCCO2. The highest BCUT2D eigenvalue weighted by molar-refractivity contribution is 5.84. The zero-order chi connectivity index (χ0) is 38.5. The first kappa shape index (κ1) is 38.1. The Kier molecular flexibility index (Phi) is 10.6. The first-order chi connectivity index (χ1) is 26.4. The third kappa shape index (κ3) is 7.23. The van der Waals surface area contributed by atoms with E-state index >= 15 is 0 Å². The van der Waals surface area contributed by atoms with Crippen LogP contribution in [-0.2, 0) is 9.53 Å². The molecule has 8 rings (SSSR count). The van der Waals surface area contributed by atoms with E-state index in [4.69, 9.17) is 23.4 Å². The van der Waals surface area contributed by atoms with Gasteiger partial charge in [0.15, 0.2) is 18.1 Å². The van der Waals surface area contributed by atoms with Crippen LogP contribution < -0.4 is 19.6 Å². The summed E-state index contributed by atoms with van der Waals surface area (Å²) in [6.45, 7) is 15.2. The molecule has 5 aliphatic rings. The summed E-state index contributed by atoms with van der Waals surface area (Å²) in [6.07, 6.45) is 16.9. The number of hydrogen-bond acceptors (Lipinski definition) is 7. The molecule has 2 heterocycles. The van der Waals surface area contributed by atoms with Crippen LogP contribution in [0.2, 0.25) is 0 Å². The number of aryl methyl sites for hydroxylation is 1. The predicted molar refractivity (Wildman–Crippen MR) is 217 cm³/mol. The van der Waals surface area contributed by atoms with Crippen LogP contribution in [0.3, 0.4) is 0 Å². The third-order valence-corrected chi connectivity index (χ3v) is 15.0. The highest BCUT2D eigenvalue weighted by Gasteiger charge is 2.59. The maximum absolute atomic E-state index is 13.7. The maximum atomic E-state index is 13.7. The van der Waals surface area contributed by atoms with E-state index in [9.17, 15) is 9.59 Å². The van der Waals surface area contributed by atoms with Gasteiger partial charge in [-0.05, 0) is 128 Å². The molecule has 2 aromatic carbocycles. The lowest BCUT2D eigenvalue weighted by Crippen LogP contribution is -2.51. The second-order valence-electron chi connectivity index (χ2n) is 18.7. The molecule has 0 saturated heterocycles. The second-order valence-corrected chi connectivity index (χ2v) is 18.7. The van der Waals surface area contributed by atoms with E-state index in [1.807, 2.05) is 18.2 Å². The zero-order valence-corrected chi connectivity index (χ0v) is 34.0. The van der Waals surface area contributed by atoms with Crippen LogP contribution >= 0.6 is 0 Å².